The number of carboxylic acids is 1. The van der Waals surface area contributed by atoms with Gasteiger partial charge in [-0.25, -0.2) is 8.42 Å². The molecular weight excluding hydrogens is 567 g/mol. The standard InChI is InChI=1S/C14H15ClF3NO4S.C14H26N2/c15-10-3-1-2-4-12(10)24(22,23)9-7-11(13(20)21)19(8-9)6-5-14(16,17)18;1-2-3-4-5-6-7-8-9-12-16-14(13-15)10-11-14/h1-4,9,11H,5-8H2,(H,20,21);16H,2-12H2,1H3/t9-,11+;/m1./s1. The topological polar surface area (TPSA) is 110 Å². The second-order valence-corrected chi connectivity index (χ2v) is 13.2. The highest BCUT2D eigenvalue weighted by Crippen LogP contribution is 2.34. The fourth-order valence-electron chi connectivity index (χ4n) is 4.76. The van der Waals surface area contributed by atoms with Gasteiger partial charge in [0.2, 0.25) is 0 Å². The summed E-state index contributed by atoms with van der Waals surface area (Å²) >= 11 is 5.89. The normalized spacial score (nSPS) is 20.4. The van der Waals surface area contributed by atoms with Crippen LogP contribution in [0.2, 0.25) is 5.02 Å². The van der Waals surface area contributed by atoms with E-state index in [1.807, 2.05) is 0 Å². The van der Waals surface area contributed by atoms with E-state index in [0.717, 1.165) is 24.3 Å². The van der Waals surface area contributed by atoms with E-state index in [1.165, 1.54) is 69.6 Å². The Bertz CT molecular complexity index is 1090. The van der Waals surface area contributed by atoms with E-state index in [2.05, 4.69) is 18.3 Å². The smallest absolute Gasteiger partial charge is 0.390 e. The predicted octanol–water partition coefficient (Wildman–Crippen LogP) is 6.37. The van der Waals surface area contributed by atoms with E-state index in [1.54, 1.807) is 6.07 Å². The molecule has 7 nitrogen and oxygen atoms in total. The summed E-state index contributed by atoms with van der Waals surface area (Å²) in [6.45, 7) is 2.45. The molecule has 1 saturated carbocycles. The molecule has 1 heterocycles. The lowest BCUT2D eigenvalue weighted by atomic mass is 10.1. The molecule has 1 aliphatic heterocycles. The fraction of sp³-hybridized carbons (Fsp3) is 0.714. The molecule has 40 heavy (non-hydrogen) atoms. The minimum absolute atomic E-state index is 0.00174. The third kappa shape index (κ3) is 11.2. The monoisotopic (exact) mass is 607 g/mol. The molecule has 2 fully saturated rings. The average Bonchev–Trinajstić information content (AvgIpc) is 3.54. The maximum atomic E-state index is 12.6. The first-order valence-electron chi connectivity index (χ1n) is 14.0. The van der Waals surface area contributed by atoms with Gasteiger partial charge in [-0.1, -0.05) is 75.6 Å². The Morgan fingerprint density at radius 3 is 2.27 bits per heavy atom. The van der Waals surface area contributed by atoms with Crippen LogP contribution in [0.4, 0.5) is 13.2 Å². The predicted molar refractivity (Wildman–Crippen MR) is 149 cm³/mol. The maximum absolute atomic E-state index is 12.6. The van der Waals surface area contributed by atoms with Gasteiger partial charge in [0.15, 0.2) is 9.84 Å². The molecule has 0 unspecified atom stereocenters. The SMILES string of the molecule is CCCCCCCCCCNC1(C#N)CC1.O=C(O)[C@@H]1C[C@@H](S(=O)(=O)c2ccccc2Cl)CN1CCC(F)(F)F. The number of nitriles is 1. The molecule has 2 atom stereocenters. The summed E-state index contributed by atoms with van der Waals surface area (Å²) in [5.41, 5.74) is -0.110. The molecule has 3 rings (SSSR count). The number of halogens is 4. The van der Waals surface area contributed by atoms with Crippen molar-refractivity contribution in [2.24, 2.45) is 0 Å². The van der Waals surface area contributed by atoms with Crippen LogP contribution in [-0.4, -0.2) is 67.0 Å². The van der Waals surface area contributed by atoms with Crippen molar-refractivity contribution < 1.29 is 31.5 Å². The minimum atomic E-state index is -4.44. The number of alkyl halides is 3. The number of nitrogens with zero attached hydrogens (tertiary/aromatic N) is 2. The van der Waals surface area contributed by atoms with Gasteiger partial charge in [0.05, 0.1) is 27.7 Å². The molecule has 1 aromatic rings. The zero-order valence-electron chi connectivity index (χ0n) is 23.1. The fourth-order valence-corrected chi connectivity index (χ4v) is 7.00. The quantitative estimate of drug-likeness (QED) is 0.223. The number of carboxylic acid groups (broad SMARTS) is 1. The van der Waals surface area contributed by atoms with Crippen molar-refractivity contribution in [2.45, 2.75) is 112 Å². The third-order valence-electron chi connectivity index (χ3n) is 7.37. The van der Waals surface area contributed by atoms with E-state index < -0.39 is 46.2 Å². The Balaban J connectivity index is 0.000000305. The second kappa shape index (κ2) is 15.9. The highest BCUT2D eigenvalue weighted by Gasteiger charge is 2.45. The summed E-state index contributed by atoms with van der Waals surface area (Å²) in [5, 5.41) is 20.3. The zero-order valence-corrected chi connectivity index (χ0v) is 24.6. The third-order valence-corrected chi connectivity index (χ3v) is 10.0. The summed E-state index contributed by atoms with van der Waals surface area (Å²) in [6.07, 6.45) is 7.05. The number of unbranched alkanes of at least 4 members (excludes halogenated alkanes) is 7. The number of hydrogen-bond donors (Lipinski definition) is 2. The van der Waals surface area contributed by atoms with Crippen LogP contribution in [-0.2, 0) is 14.6 Å². The van der Waals surface area contributed by atoms with Gasteiger partial charge >= 0.3 is 12.1 Å². The van der Waals surface area contributed by atoms with Crippen LogP contribution in [0, 0.1) is 11.3 Å². The lowest BCUT2D eigenvalue weighted by molar-refractivity contribution is -0.148. The van der Waals surface area contributed by atoms with Crippen molar-refractivity contribution in [1.82, 2.24) is 10.2 Å². The van der Waals surface area contributed by atoms with Crippen molar-refractivity contribution in [3.63, 3.8) is 0 Å². The van der Waals surface area contributed by atoms with Crippen LogP contribution in [0.5, 0.6) is 0 Å². The van der Waals surface area contributed by atoms with Crippen molar-refractivity contribution in [2.75, 3.05) is 19.6 Å². The zero-order chi connectivity index (χ0) is 29.8. The lowest BCUT2D eigenvalue weighted by Gasteiger charge is -2.21. The molecule has 1 saturated heterocycles. The Hall–Kier alpha value is -1.87. The minimum Gasteiger partial charge on any atom is -0.480 e. The number of nitrogens with one attached hydrogen (secondary N) is 1. The average molecular weight is 608 g/mol. The summed E-state index contributed by atoms with van der Waals surface area (Å²) in [4.78, 5) is 12.2. The van der Waals surface area contributed by atoms with Crippen LogP contribution in [0.3, 0.4) is 0 Å². The van der Waals surface area contributed by atoms with Crippen LogP contribution < -0.4 is 5.32 Å². The van der Waals surface area contributed by atoms with Crippen LogP contribution in [0.15, 0.2) is 29.2 Å². The molecule has 12 heteroatoms. The van der Waals surface area contributed by atoms with Gasteiger partial charge in [-0.3, -0.25) is 15.0 Å². The lowest BCUT2D eigenvalue weighted by Crippen LogP contribution is -2.38. The largest absolute Gasteiger partial charge is 0.480 e. The van der Waals surface area contributed by atoms with Crippen LogP contribution in [0.25, 0.3) is 0 Å². The number of hydrogen-bond acceptors (Lipinski definition) is 6. The van der Waals surface area contributed by atoms with E-state index >= 15 is 0 Å². The number of rotatable bonds is 15. The molecule has 0 spiro atoms. The summed E-state index contributed by atoms with van der Waals surface area (Å²) in [6, 6.07) is 6.81. The molecule has 226 valence electrons. The van der Waals surface area contributed by atoms with Gasteiger partial charge in [-0.2, -0.15) is 18.4 Å². The highest BCUT2D eigenvalue weighted by atomic mass is 35.5. The molecule has 0 bridgehead atoms. The number of benzene rings is 1. The molecule has 0 amide bonds. The number of sulfone groups is 1. The van der Waals surface area contributed by atoms with Gasteiger partial charge in [-0.15, -0.1) is 0 Å². The Labute approximate surface area is 241 Å². The van der Waals surface area contributed by atoms with Gasteiger partial charge in [0.25, 0.3) is 0 Å². The highest BCUT2D eigenvalue weighted by molar-refractivity contribution is 7.92. The van der Waals surface area contributed by atoms with Crippen LogP contribution in [0.1, 0.15) is 84.0 Å². The van der Waals surface area contributed by atoms with Crippen LogP contribution >= 0.6 is 11.6 Å². The molecule has 1 aromatic carbocycles. The number of likely N-dealkylation sites (tertiary alicyclic amines) is 1. The van der Waals surface area contributed by atoms with Gasteiger partial charge < -0.3 is 5.11 Å². The van der Waals surface area contributed by atoms with Gasteiger partial charge in [-0.05, 0) is 44.4 Å². The summed E-state index contributed by atoms with van der Waals surface area (Å²) in [7, 11) is -3.94. The van der Waals surface area contributed by atoms with Crippen molar-refractivity contribution in [3.05, 3.63) is 29.3 Å². The number of aliphatic carboxylic acids is 1. The Morgan fingerprint density at radius 1 is 1.15 bits per heavy atom. The van der Waals surface area contributed by atoms with E-state index in [9.17, 15) is 31.5 Å². The van der Waals surface area contributed by atoms with E-state index in [-0.39, 0.29) is 28.4 Å². The summed E-state index contributed by atoms with van der Waals surface area (Å²) in [5.74, 6) is -1.34. The van der Waals surface area contributed by atoms with E-state index in [4.69, 9.17) is 16.9 Å². The molecular formula is C28H41ClF3N3O4S. The van der Waals surface area contributed by atoms with Crippen molar-refractivity contribution in [3.8, 4) is 6.07 Å². The Morgan fingerprint density at radius 2 is 1.75 bits per heavy atom. The molecule has 2 aliphatic rings. The second-order valence-electron chi connectivity index (χ2n) is 10.6. The molecule has 1 aliphatic carbocycles. The first kappa shape index (κ1) is 34.3. The molecule has 2 N–H and O–H groups in total. The first-order chi connectivity index (χ1) is 18.8. The van der Waals surface area contributed by atoms with E-state index in [0.29, 0.717) is 0 Å². The Kier molecular flexibility index (Phi) is 13.7. The first-order valence-corrected chi connectivity index (χ1v) is 16.0. The number of carbonyl (C=O) groups is 1. The summed E-state index contributed by atoms with van der Waals surface area (Å²) < 4.78 is 62.4. The van der Waals surface area contributed by atoms with Gasteiger partial charge in [0, 0.05) is 13.1 Å². The molecule has 0 aromatic heterocycles. The van der Waals surface area contributed by atoms with Crippen molar-refractivity contribution in [1.29, 1.82) is 5.26 Å². The van der Waals surface area contributed by atoms with Gasteiger partial charge in [0.1, 0.15) is 11.6 Å². The maximum Gasteiger partial charge on any atom is 0.390 e. The molecule has 0 radical (unpaired) electrons. The van der Waals surface area contributed by atoms with Crippen molar-refractivity contribution >= 4 is 27.4 Å².